The van der Waals surface area contributed by atoms with Gasteiger partial charge in [-0.3, -0.25) is 57.7 Å². The molecule has 0 bridgehead atoms. The zero-order valence-corrected chi connectivity index (χ0v) is 71.4. The highest BCUT2D eigenvalue weighted by atomic mass is 32.2. The van der Waals surface area contributed by atoms with E-state index < -0.39 is 150 Å². The number of amides is 14. The quantitative estimate of drug-likeness (QED) is 0.0236. The molecular weight excluding hydrogens is 1520 g/mol. The van der Waals surface area contributed by atoms with Gasteiger partial charge in [0.2, 0.25) is 59.1 Å². The van der Waals surface area contributed by atoms with Gasteiger partial charge in [-0.15, -0.1) is 11.8 Å². The molecule has 0 radical (unpaired) electrons. The molecule has 2 saturated heterocycles. The summed E-state index contributed by atoms with van der Waals surface area (Å²) >= 11 is 1.24. The summed E-state index contributed by atoms with van der Waals surface area (Å²) in [6.45, 7) is 19.9. The molecule has 2 aliphatic rings. The molecule has 12 N–H and O–H groups in total. The second kappa shape index (κ2) is 51.5. The maximum atomic E-state index is 14.9. The number of benzene rings is 2. The molecule has 15 atom stereocenters. The first-order valence-electron chi connectivity index (χ1n) is 40.4. The minimum atomic E-state index is -1.16. The maximum absolute atomic E-state index is 14.9. The molecule has 652 valence electrons. The van der Waals surface area contributed by atoms with Crippen molar-refractivity contribution in [3.8, 4) is 0 Å². The molecule has 2 aromatic carbocycles. The number of primary amides is 1. The SMILES string of the molecule is CCC(CO)OC(COC(=O)NCCC(=O)NCCSC1CC(=O)N(CCCCCC(=O)N[C@H](C(=O)N[C@@H](CCCNC(N)=O)C(=O)Nc2ccc(COC(=O)N(C)[C@H](C(=O)NC(C(=O)N(C)[C@@H]([C@@H](C)CC)[C@@H](CC(=O)N3CCC[C@H]3[C@H](OC)[C@@H](C)C(=O)N[C@H](C)[C@@H](O)c3ccccc3)OC)C(C)C)C(C)C)cc2)C(C)C)C1=O)OC. The number of nitrogens with one attached hydrogen (secondary N) is 8. The van der Waals surface area contributed by atoms with Gasteiger partial charge in [0.1, 0.15) is 37.4 Å². The lowest BCUT2D eigenvalue weighted by Gasteiger charge is -2.41. The number of ether oxygens (including phenoxy) is 6. The third-order valence-corrected chi connectivity index (χ3v) is 22.2. The summed E-state index contributed by atoms with van der Waals surface area (Å²) in [6.07, 6.45) is -1.62. The summed E-state index contributed by atoms with van der Waals surface area (Å²) < 4.78 is 33.5. The van der Waals surface area contributed by atoms with Gasteiger partial charge in [-0.2, -0.15) is 0 Å². The molecule has 4 rings (SSSR count). The average molecular weight is 1660 g/mol. The Morgan fingerprint density at radius 1 is 0.681 bits per heavy atom. The fourth-order valence-corrected chi connectivity index (χ4v) is 15.1. The van der Waals surface area contributed by atoms with Gasteiger partial charge in [0.15, 0.2) is 6.29 Å². The van der Waals surface area contributed by atoms with E-state index in [1.165, 1.54) is 45.0 Å². The number of thioether (sulfide) groups is 1. The molecule has 2 fully saturated rings. The minimum Gasteiger partial charge on any atom is -0.445 e. The standard InChI is InChI=1S/C81H131N13O21S/c1-17-51(9)70(60(110-14)43-64(98)93-41-26-30-59(93)72(112-16)52(10)73(101)86-53(11)71(100)55-27-21-19-22-28-55)91(12)78(106)68(49(5)6)90-76(104)69(50(7)8)92(13)81(109)114-46-54-32-34-56(35-33-54)87-74(102)58(29-25-37-84-79(82)107)88-75(103)67(48(3)4)89-63(97)31-23-20-24-40-94-65(99)44-61(77(94)105)116-42-39-83-62(96)36-38-85-80(108)113-47-66(111-15)115-57(18-2)45-95/h19,21-22,27-28,32-35,48-53,57-61,66-72,95,100H,17-18,20,23-26,29-31,36-47H2,1-16H3,(H,83,96)(H,85,108)(H,86,101)(H,87,102)(H,88,103)(H,89,97)(H,90,104)(H3,82,84,107)/t51-,52+,53+,57?,58-,59-,60+,61?,66?,67-,68?,69-,70-,71+,72+/m0/s1. The molecule has 0 saturated carbocycles. The number of nitrogens with zero attached hydrogens (tertiary/aromatic N) is 4. The van der Waals surface area contributed by atoms with E-state index in [0.29, 0.717) is 74.1 Å². The number of nitrogens with two attached hydrogens (primary N) is 1. The first-order chi connectivity index (χ1) is 55.1. The van der Waals surface area contributed by atoms with Crippen LogP contribution in [0.3, 0.4) is 0 Å². The van der Waals surface area contributed by atoms with Crippen LogP contribution in [0.4, 0.5) is 20.1 Å². The number of likely N-dealkylation sites (N-methyl/N-ethyl adjacent to an activating group) is 2. The van der Waals surface area contributed by atoms with E-state index in [4.69, 9.17) is 34.2 Å². The Labute approximate surface area is 687 Å². The second-order valence-corrected chi connectivity index (χ2v) is 32.0. The fraction of sp³-hybridized carbons (Fsp3) is 0.691. The number of aliphatic hydroxyl groups is 2. The Morgan fingerprint density at radius 2 is 1.36 bits per heavy atom. The number of hydrogen-bond acceptors (Lipinski definition) is 22. The van der Waals surface area contributed by atoms with E-state index in [1.807, 2.05) is 39.0 Å². The Balaban J connectivity index is 1.28. The third kappa shape index (κ3) is 31.9. The first-order valence-corrected chi connectivity index (χ1v) is 41.4. The number of hydrogen-bond donors (Lipinski definition) is 11. The van der Waals surface area contributed by atoms with Crippen LogP contribution in [-0.2, 0) is 83.0 Å². The van der Waals surface area contributed by atoms with Crippen LogP contribution in [0.15, 0.2) is 54.6 Å². The van der Waals surface area contributed by atoms with Crippen molar-refractivity contribution in [2.45, 2.75) is 244 Å². The van der Waals surface area contributed by atoms with Crippen molar-refractivity contribution in [2.24, 2.45) is 35.3 Å². The van der Waals surface area contributed by atoms with Crippen molar-refractivity contribution in [1.82, 2.24) is 56.8 Å². The highest BCUT2D eigenvalue weighted by Gasteiger charge is 2.45. The number of likely N-dealkylation sites (tertiary alicyclic amines) is 2. The Kier molecular flexibility index (Phi) is 44.2. The highest BCUT2D eigenvalue weighted by Crippen LogP contribution is 2.32. The molecule has 2 heterocycles. The third-order valence-electron chi connectivity index (χ3n) is 21.0. The van der Waals surface area contributed by atoms with Crippen molar-refractivity contribution in [1.29, 1.82) is 0 Å². The van der Waals surface area contributed by atoms with Gasteiger partial charge < -0.3 is 96.7 Å². The molecule has 0 spiro atoms. The van der Waals surface area contributed by atoms with E-state index in [-0.39, 0.29) is 120 Å². The van der Waals surface area contributed by atoms with E-state index in [1.54, 1.807) is 109 Å². The van der Waals surface area contributed by atoms with Crippen LogP contribution in [0.2, 0.25) is 0 Å². The first kappa shape index (κ1) is 99.6. The predicted molar refractivity (Wildman–Crippen MR) is 435 cm³/mol. The average Bonchev–Trinajstić information content (AvgIpc) is 1.57. The number of anilines is 1. The zero-order chi connectivity index (χ0) is 86.5. The number of unbranched alkanes of at least 4 members (excludes halogenated alkanes) is 2. The lowest BCUT2D eigenvalue weighted by Crippen LogP contribution is -2.60. The number of carbonyl (C=O) groups is 13. The summed E-state index contributed by atoms with van der Waals surface area (Å²) in [5.74, 6) is -6.22. The van der Waals surface area contributed by atoms with E-state index >= 15 is 0 Å². The summed E-state index contributed by atoms with van der Waals surface area (Å²) in [5, 5.41) is 41.6. The lowest BCUT2D eigenvalue weighted by molar-refractivity contribution is -0.181. The molecule has 0 aliphatic carbocycles. The van der Waals surface area contributed by atoms with Crippen molar-refractivity contribution >= 4 is 94.7 Å². The molecular formula is C81H131N13O21S. The zero-order valence-electron chi connectivity index (χ0n) is 70.6. The maximum Gasteiger partial charge on any atom is 0.410 e. The molecule has 2 aliphatic heterocycles. The van der Waals surface area contributed by atoms with Crippen LogP contribution < -0.4 is 48.3 Å². The van der Waals surface area contributed by atoms with Crippen LogP contribution in [0.5, 0.6) is 0 Å². The molecule has 4 unspecified atom stereocenters. The van der Waals surface area contributed by atoms with E-state index in [9.17, 15) is 72.5 Å². The van der Waals surface area contributed by atoms with Crippen molar-refractivity contribution in [3.05, 3.63) is 65.7 Å². The van der Waals surface area contributed by atoms with Crippen molar-refractivity contribution in [2.75, 3.05) is 92.4 Å². The molecule has 116 heavy (non-hydrogen) atoms. The Morgan fingerprint density at radius 3 is 1.97 bits per heavy atom. The lowest BCUT2D eigenvalue weighted by atomic mass is 9.89. The normalized spacial score (nSPS) is 17.6. The molecule has 2 aromatic rings. The number of alkyl carbamates (subject to hydrolysis) is 1. The highest BCUT2D eigenvalue weighted by molar-refractivity contribution is 8.00. The van der Waals surface area contributed by atoms with Gasteiger partial charge in [-0.25, -0.2) is 14.4 Å². The van der Waals surface area contributed by atoms with Crippen LogP contribution in [0.1, 0.15) is 177 Å². The van der Waals surface area contributed by atoms with E-state index in [2.05, 4.69) is 42.5 Å². The summed E-state index contributed by atoms with van der Waals surface area (Å²) in [7, 11) is 7.42. The second-order valence-electron chi connectivity index (χ2n) is 30.7. The van der Waals surface area contributed by atoms with Gasteiger partial charge >= 0.3 is 18.2 Å². The number of imide groups is 1. The van der Waals surface area contributed by atoms with Crippen LogP contribution >= 0.6 is 11.8 Å². The number of urea groups is 1. The van der Waals surface area contributed by atoms with Crippen LogP contribution in [0, 0.1) is 29.6 Å². The minimum absolute atomic E-state index is 0.00287. The molecule has 34 nitrogen and oxygen atoms in total. The summed E-state index contributed by atoms with van der Waals surface area (Å²) in [4.78, 5) is 180. The van der Waals surface area contributed by atoms with Gasteiger partial charge in [0.05, 0.1) is 66.7 Å². The largest absolute Gasteiger partial charge is 0.445 e. The number of methoxy groups -OCH3 is 3. The van der Waals surface area contributed by atoms with Crippen LogP contribution in [0.25, 0.3) is 0 Å². The Bertz CT molecular complexity index is 3470. The van der Waals surface area contributed by atoms with Crippen LogP contribution in [-0.4, -0.2) is 266 Å². The Hall–Kier alpha value is -8.74. The summed E-state index contributed by atoms with van der Waals surface area (Å²) in [5.41, 5.74) is 6.76. The molecule has 14 amide bonds. The summed E-state index contributed by atoms with van der Waals surface area (Å²) in [6, 6.07) is 8.46. The molecule has 35 heteroatoms. The smallest absolute Gasteiger partial charge is 0.410 e. The van der Waals surface area contributed by atoms with E-state index in [0.717, 1.165) is 4.90 Å². The number of rotatable bonds is 52. The van der Waals surface area contributed by atoms with Crippen molar-refractivity contribution < 1.29 is 101 Å². The van der Waals surface area contributed by atoms with Gasteiger partial charge in [0, 0.05) is 98.9 Å². The predicted octanol–water partition coefficient (Wildman–Crippen LogP) is 5.01. The monoisotopic (exact) mass is 1650 g/mol. The number of carbonyl (C=O) groups excluding carboxylic acids is 13. The van der Waals surface area contributed by atoms with Gasteiger partial charge in [-0.05, 0) is 98.8 Å². The fourth-order valence-electron chi connectivity index (χ4n) is 14.0. The number of aliphatic hydroxyl groups excluding tert-OH is 2. The van der Waals surface area contributed by atoms with Gasteiger partial charge in [-0.1, -0.05) is 125 Å². The molecule has 0 aromatic heterocycles. The van der Waals surface area contributed by atoms with Crippen molar-refractivity contribution in [3.63, 3.8) is 0 Å². The van der Waals surface area contributed by atoms with Gasteiger partial charge in [0.25, 0.3) is 0 Å². The topological polar surface area (TPSA) is 453 Å².